The first-order chi connectivity index (χ1) is 15.6. The summed E-state index contributed by atoms with van der Waals surface area (Å²) in [4.78, 5) is 5.81. The maximum absolute atomic E-state index is 7.10. The lowest BCUT2D eigenvalue weighted by atomic mass is 10.0. The van der Waals surface area contributed by atoms with Crippen LogP contribution in [0.25, 0.3) is 16.1 Å². The summed E-state index contributed by atoms with van der Waals surface area (Å²) in [5, 5.41) is 5.47. The first-order valence-electron chi connectivity index (χ1n) is 10.9. The molecule has 1 aliphatic carbocycles. The van der Waals surface area contributed by atoms with Gasteiger partial charge in [0.05, 0.1) is 29.3 Å². The summed E-state index contributed by atoms with van der Waals surface area (Å²) in [6, 6.07) is 13.3. The Bertz CT molecular complexity index is 1120. The average molecular weight is 468 g/mol. The normalized spacial score (nSPS) is 16.8. The van der Waals surface area contributed by atoms with Crippen LogP contribution in [-0.2, 0) is 11.3 Å². The van der Waals surface area contributed by atoms with Crippen molar-refractivity contribution in [3.63, 3.8) is 0 Å². The molecule has 3 aromatic rings. The molecule has 2 aromatic carbocycles. The highest BCUT2D eigenvalue weighted by atomic mass is 35.5. The Morgan fingerprint density at radius 3 is 2.34 bits per heavy atom. The number of hydrogen-bond acceptors (Lipinski definition) is 4. The Hall–Kier alpha value is -2.52. The Labute approximate surface area is 197 Å². The van der Waals surface area contributed by atoms with E-state index < -0.39 is 0 Å². The average Bonchev–Trinajstić information content (AvgIpc) is 3.58. The van der Waals surface area contributed by atoms with Gasteiger partial charge in [-0.05, 0) is 49.9 Å². The van der Waals surface area contributed by atoms with Crippen LogP contribution in [0.15, 0.2) is 47.0 Å². The maximum Gasteiger partial charge on any atom is 0.187 e. The third kappa shape index (κ3) is 4.36. The van der Waals surface area contributed by atoms with Gasteiger partial charge in [-0.3, -0.25) is 0 Å². The van der Waals surface area contributed by atoms with E-state index in [0.717, 1.165) is 55.8 Å². The fraction of sp³-hybridized carbons (Fsp3) is 0.360. The lowest BCUT2D eigenvalue weighted by Crippen LogP contribution is -2.37. The van der Waals surface area contributed by atoms with Crippen LogP contribution in [0.2, 0.25) is 10.0 Å². The van der Waals surface area contributed by atoms with E-state index in [1.165, 1.54) is 0 Å². The van der Waals surface area contributed by atoms with E-state index in [-0.39, 0.29) is 6.10 Å². The molecule has 1 saturated heterocycles. The Morgan fingerprint density at radius 1 is 1.03 bits per heavy atom. The second-order valence-electron chi connectivity index (χ2n) is 8.37. The van der Waals surface area contributed by atoms with Gasteiger partial charge in [0.1, 0.15) is 11.5 Å². The lowest BCUT2D eigenvalue weighted by molar-refractivity contribution is 0.0246. The van der Waals surface area contributed by atoms with Gasteiger partial charge in [0.2, 0.25) is 0 Å². The fourth-order valence-electron chi connectivity index (χ4n) is 4.27. The van der Waals surface area contributed by atoms with Crippen LogP contribution in [0.1, 0.15) is 42.9 Å². The summed E-state index contributed by atoms with van der Waals surface area (Å²) in [6.45, 7) is 9.38. The van der Waals surface area contributed by atoms with Gasteiger partial charge in [-0.2, -0.15) is 0 Å². The van der Waals surface area contributed by atoms with E-state index >= 15 is 0 Å². The molecule has 164 valence electrons. The maximum atomic E-state index is 7.10. The van der Waals surface area contributed by atoms with E-state index in [2.05, 4.69) is 14.9 Å². The molecule has 7 heteroatoms. The minimum absolute atomic E-state index is 0.172. The smallest absolute Gasteiger partial charge is 0.187 e. The van der Waals surface area contributed by atoms with Crippen molar-refractivity contribution in [3.8, 4) is 11.3 Å². The van der Waals surface area contributed by atoms with Gasteiger partial charge in [-0.1, -0.05) is 46.6 Å². The SMILES string of the molecule is [C-]#[N+]c1ccc(N2CCC(OCc3c(-c4c(Cl)cccc4Cl)noc3C3CC3)CC2)cc1. The van der Waals surface area contributed by atoms with Gasteiger partial charge >= 0.3 is 0 Å². The van der Waals surface area contributed by atoms with Crippen molar-refractivity contribution < 1.29 is 9.26 Å². The second-order valence-corrected chi connectivity index (χ2v) is 9.18. The summed E-state index contributed by atoms with van der Waals surface area (Å²) >= 11 is 12.9. The van der Waals surface area contributed by atoms with Crippen LogP contribution >= 0.6 is 23.2 Å². The lowest BCUT2D eigenvalue weighted by Gasteiger charge is -2.33. The Kier molecular flexibility index (Phi) is 6.10. The molecule has 0 amide bonds. The largest absolute Gasteiger partial charge is 0.373 e. The molecule has 32 heavy (non-hydrogen) atoms. The predicted molar refractivity (Wildman–Crippen MR) is 127 cm³/mol. The van der Waals surface area contributed by atoms with Gasteiger partial charge in [-0.25, -0.2) is 4.85 Å². The zero-order valence-electron chi connectivity index (χ0n) is 17.6. The first-order valence-corrected chi connectivity index (χ1v) is 11.7. The topological polar surface area (TPSA) is 42.9 Å². The van der Waals surface area contributed by atoms with Crippen molar-refractivity contribution in [3.05, 3.63) is 75.3 Å². The highest BCUT2D eigenvalue weighted by Crippen LogP contribution is 2.46. The minimum atomic E-state index is 0.172. The summed E-state index contributed by atoms with van der Waals surface area (Å²) in [5.74, 6) is 1.32. The van der Waals surface area contributed by atoms with E-state index in [1.54, 1.807) is 0 Å². The minimum Gasteiger partial charge on any atom is -0.373 e. The number of rotatable bonds is 6. The molecule has 2 fully saturated rings. The van der Waals surface area contributed by atoms with E-state index in [0.29, 0.717) is 39.5 Å². The molecule has 5 rings (SSSR count). The van der Waals surface area contributed by atoms with Crippen molar-refractivity contribution in [2.24, 2.45) is 0 Å². The summed E-state index contributed by atoms with van der Waals surface area (Å²) in [7, 11) is 0. The molecule has 0 spiro atoms. The third-order valence-corrected chi connectivity index (χ3v) is 6.85. The monoisotopic (exact) mass is 467 g/mol. The quantitative estimate of drug-likeness (QED) is 0.357. The number of piperidine rings is 1. The summed E-state index contributed by atoms with van der Waals surface area (Å²) in [5.41, 5.74) is 4.20. The van der Waals surface area contributed by atoms with Crippen LogP contribution in [0.4, 0.5) is 11.4 Å². The number of halogens is 2. The zero-order valence-corrected chi connectivity index (χ0v) is 19.1. The van der Waals surface area contributed by atoms with Crippen molar-refractivity contribution in [2.75, 3.05) is 18.0 Å². The van der Waals surface area contributed by atoms with Gasteiger partial charge < -0.3 is 14.2 Å². The Morgan fingerprint density at radius 2 is 1.72 bits per heavy atom. The molecule has 5 nitrogen and oxygen atoms in total. The molecule has 2 heterocycles. The molecule has 1 aromatic heterocycles. The highest BCUT2D eigenvalue weighted by molar-refractivity contribution is 6.39. The van der Waals surface area contributed by atoms with Crippen molar-refractivity contribution in [1.29, 1.82) is 0 Å². The number of nitrogens with zero attached hydrogens (tertiary/aromatic N) is 3. The number of anilines is 1. The third-order valence-electron chi connectivity index (χ3n) is 6.22. The summed E-state index contributed by atoms with van der Waals surface area (Å²) < 4.78 is 12.1. The molecule has 1 saturated carbocycles. The van der Waals surface area contributed by atoms with Gasteiger partial charge in [0, 0.05) is 35.8 Å². The predicted octanol–water partition coefficient (Wildman–Crippen LogP) is 7.26. The number of hydrogen-bond donors (Lipinski definition) is 0. The van der Waals surface area contributed by atoms with Crippen LogP contribution in [0.5, 0.6) is 0 Å². The van der Waals surface area contributed by atoms with Crippen LogP contribution in [-0.4, -0.2) is 24.4 Å². The summed E-state index contributed by atoms with van der Waals surface area (Å²) in [6.07, 6.45) is 4.28. The van der Waals surface area contributed by atoms with Gasteiger partial charge in [0.15, 0.2) is 5.69 Å². The molecule has 0 unspecified atom stereocenters. The van der Waals surface area contributed by atoms with E-state index in [1.807, 2.05) is 42.5 Å². The molecule has 1 aliphatic heterocycles. The second kappa shape index (κ2) is 9.15. The van der Waals surface area contributed by atoms with Crippen molar-refractivity contribution in [2.45, 2.75) is 44.3 Å². The van der Waals surface area contributed by atoms with Crippen molar-refractivity contribution in [1.82, 2.24) is 5.16 Å². The Balaban J connectivity index is 1.27. The van der Waals surface area contributed by atoms with Gasteiger partial charge in [-0.15, -0.1) is 0 Å². The molecule has 0 bridgehead atoms. The molecular formula is C25H23Cl2N3O2. The van der Waals surface area contributed by atoms with Crippen molar-refractivity contribution >= 4 is 34.6 Å². The van der Waals surface area contributed by atoms with Crippen LogP contribution in [0.3, 0.4) is 0 Å². The van der Waals surface area contributed by atoms with Crippen LogP contribution in [0, 0.1) is 6.57 Å². The van der Waals surface area contributed by atoms with E-state index in [9.17, 15) is 0 Å². The fourth-order valence-corrected chi connectivity index (χ4v) is 4.84. The molecule has 2 aliphatic rings. The highest BCUT2D eigenvalue weighted by Gasteiger charge is 2.34. The zero-order chi connectivity index (χ0) is 22.1. The number of benzene rings is 2. The molecule has 0 N–H and O–H groups in total. The number of aromatic nitrogens is 1. The standard InChI is InChI=1S/C25H23Cl2N3O2/c1-28-17-7-9-18(10-8-17)30-13-11-19(12-14-30)31-15-20-24(29-32-25(20)16-5-6-16)23-21(26)3-2-4-22(23)27/h2-4,7-10,16,19H,5-6,11-15H2. The van der Waals surface area contributed by atoms with E-state index in [4.69, 9.17) is 39.0 Å². The molecule has 0 atom stereocenters. The molecule has 0 radical (unpaired) electrons. The van der Waals surface area contributed by atoms with Gasteiger partial charge in [0.25, 0.3) is 0 Å². The van der Waals surface area contributed by atoms with Crippen LogP contribution < -0.4 is 4.90 Å². The molecular weight excluding hydrogens is 445 g/mol. The number of ether oxygens (including phenoxy) is 1. The first kappa shape index (κ1) is 21.3.